The number of aromatic nitrogens is 1. The second-order valence-corrected chi connectivity index (χ2v) is 5.55. The van der Waals surface area contributed by atoms with Crippen molar-refractivity contribution in [1.29, 1.82) is 0 Å². The zero-order valence-electron chi connectivity index (χ0n) is 13.7. The van der Waals surface area contributed by atoms with Gasteiger partial charge in [0.2, 0.25) is 5.43 Å². The Morgan fingerprint density at radius 2 is 1.83 bits per heavy atom. The van der Waals surface area contributed by atoms with Crippen LogP contribution in [-0.4, -0.2) is 10.5 Å². The van der Waals surface area contributed by atoms with Gasteiger partial charge in [-0.05, 0) is 44.5 Å². The molecule has 1 aromatic carbocycles. The predicted octanol–water partition coefficient (Wildman–Crippen LogP) is 3.43. The Labute approximate surface area is 134 Å². The highest BCUT2D eigenvalue weighted by Crippen LogP contribution is 2.18. The van der Waals surface area contributed by atoms with E-state index in [0.29, 0.717) is 22.5 Å². The van der Waals surface area contributed by atoms with Crippen molar-refractivity contribution >= 4 is 17.2 Å². The topological polar surface area (TPSA) is 51.1 Å². The second-order valence-electron chi connectivity index (χ2n) is 5.55. The molecule has 1 N–H and O–H groups in total. The molecule has 2 aromatic rings. The van der Waals surface area contributed by atoms with Gasteiger partial charge in [-0.2, -0.15) is 0 Å². The van der Waals surface area contributed by atoms with E-state index < -0.39 is 11.7 Å². The van der Waals surface area contributed by atoms with E-state index in [-0.39, 0.29) is 11.0 Å². The van der Waals surface area contributed by atoms with E-state index in [1.165, 1.54) is 18.2 Å². The summed E-state index contributed by atoms with van der Waals surface area (Å²) in [6.07, 6.45) is 0. The van der Waals surface area contributed by atoms with Crippen LogP contribution < -0.4 is 10.7 Å². The number of hydrogen-bond acceptors (Lipinski definition) is 2. The van der Waals surface area contributed by atoms with E-state index >= 15 is 0 Å². The number of carbonyl (C=O) groups excluding carboxylic acids is 1. The molecule has 0 bridgehead atoms. The van der Waals surface area contributed by atoms with Gasteiger partial charge in [0.25, 0.3) is 5.91 Å². The number of benzene rings is 1. The summed E-state index contributed by atoms with van der Waals surface area (Å²) in [7, 11) is 1.79. The molecule has 0 aliphatic carbocycles. The van der Waals surface area contributed by atoms with Gasteiger partial charge in [0.1, 0.15) is 11.4 Å². The third kappa shape index (κ3) is 3.08. The predicted molar refractivity (Wildman–Crippen MR) is 90.2 cm³/mol. The highest BCUT2D eigenvalue weighted by molar-refractivity contribution is 6.05. The Balaban J connectivity index is 2.57. The lowest BCUT2D eigenvalue weighted by molar-refractivity contribution is 0.102. The minimum absolute atomic E-state index is 0.0420. The van der Waals surface area contributed by atoms with E-state index in [4.69, 9.17) is 0 Å². The van der Waals surface area contributed by atoms with E-state index in [1.54, 1.807) is 31.5 Å². The maximum absolute atomic E-state index is 13.2. The van der Waals surface area contributed by atoms with Crippen LogP contribution in [0.15, 0.2) is 35.6 Å². The summed E-state index contributed by atoms with van der Waals surface area (Å²) in [6.45, 7) is 9.07. The molecule has 0 unspecified atom stereocenters. The number of anilines is 1. The Kier molecular flexibility index (Phi) is 4.50. The molecule has 1 aromatic heterocycles. The van der Waals surface area contributed by atoms with Crippen LogP contribution >= 0.6 is 0 Å². The summed E-state index contributed by atoms with van der Waals surface area (Å²) in [5.41, 5.74) is 2.31. The lowest BCUT2D eigenvalue weighted by Crippen LogP contribution is -2.29. The summed E-state index contributed by atoms with van der Waals surface area (Å²) < 4.78 is 15.0. The Hall–Kier alpha value is -2.69. The largest absolute Gasteiger partial charge is 0.350 e. The smallest absolute Gasteiger partial charge is 0.261 e. The van der Waals surface area contributed by atoms with Crippen molar-refractivity contribution in [3.05, 3.63) is 69.4 Å². The average molecular weight is 314 g/mol. The molecule has 0 aliphatic rings. The van der Waals surface area contributed by atoms with Gasteiger partial charge in [0.15, 0.2) is 0 Å². The van der Waals surface area contributed by atoms with Gasteiger partial charge in [-0.25, -0.2) is 4.39 Å². The summed E-state index contributed by atoms with van der Waals surface area (Å²) in [5, 5.41) is 2.57. The molecule has 1 amide bonds. The molecule has 0 saturated carbocycles. The maximum atomic E-state index is 13.2. The molecule has 0 saturated heterocycles. The minimum Gasteiger partial charge on any atom is -0.350 e. The Morgan fingerprint density at radius 1 is 1.22 bits per heavy atom. The van der Waals surface area contributed by atoms with Gasteiger partial charge in [-0.3, -0.25) is 9.59 Å². The average Bonchev–Trinajstić information content (AvgIpc) is 2.44. The van der Waals surface area contributed by atoms with E-state index in [0.717, 1.165) is 5.69 Å². The highest BCUT2D eigenvalue weighted by Gasteiger charge is 2.21. The molecule has 1 heterocycles. The normalized spacial score (nSPS) is 10.5. The summed E-state index contributed by atoms with van der Waals surface area (Å²) in [5.74, 6) is -1.02. The van der Waals surface area contributed by atoms with Crippen molar-refractivity contribution in [2.45, 2.75) is 20.8 Å². The maximum Gasteiger partial charge on any atom is 0.261 e. The van der Waals surface area contributed by atoms with E-state index in [2.05, 4.69) is 11.9 Å². The standard InChI is InChI=1S/C18H19FN2O2/c1-10(2)15-11(3)21(5)12(4)16(17(15)22)18(23)20-14-8-6-7-13(19)9-14/h6-9H,1H2,2-5H3,(H,20,23). The van der Waals surface area contributed by atoms with E-state index in [9.17, 15) is 14.0 Å². The van der Waals surface area contributed by atoms with Crippen molar-refractivity contribution < 1.29 is 9.18 Å². The number of rotatable bonds is 3. The van der Waals surface area contributed by atoms with Gasteiger partial charge in [-0.15, -0.1) is 0 Å². The van der Waals surface area contributed by atoms with Crippen molar-refractivity contribution in [3.8, 4) is 0 Å². The molecule has 0 aliphatic heterocycles. The van der Waals surface area contributed by atoms with Crippen LogP contribution in [0.5, 0.6) is 0 Å². The van der Waals surface area contributed by atoms with Crippen molar-refractivity contribution in [3.63, 3.8) is 0 Å². The first kappa shape index (κ1) is 16.7. The first-order valence-corrected chi connectivity index (χ1v) is 7.17. The minimum atomic E-state index is -0.559. The molecule has 120 valence electrons. The van der Waals surface area contributed by atoms with Crippen LogP contribution in [0.25, 0.3) is 5.57 Å². The molecular formula is C18H19FN2O2. The van der Waals surface area contributed by atoms with Gasteiger partial charge in [0.05, 0.1) is 0 Å². The van der Waals surface area contributed by atoms with Crippen molar-refractivity contribution in [1.82, 2.24) is 4.57 Å². The molecule has 0 fully saturated rings. The van der Waals surface area contributed by atoms with Crippen LogP contribution in [0.3, 0.4) is 0 Å². The number of allylic oxidation sites excluding steroid dienone is 1. The molecule has 0 spiro atoms. The molecule has 4 nitrogen and oxygen atoms in total. The van der Waals surface area contributed by atoms with Gasteiger partial charge in [-0.1, -0.05) is 12.6 Å². The highest BCUT2D eigenvalue weighted by atomic mass is 19.1. The zero-order valence-corrected chi connectivity index (χ0v) is 13.7. The number of carbonyl (C=O) groups is 1. The van der Waals surface area contributed by atoms with Crippen LogP contribution in [0.1, 0.15) is 34.2 Å². The van der Waals surface area contributed by atoms with Gasteiger partial charge in [0, 0.05) is 29.7 Å². The third-order valence-electron chi connectivity index (χ3n) is 3.92. The second kappa shape index (κ2) is 6.20. The van der Waals surface area contributed by atoms with E-state index in [1.807, 2.05) is 6.92 Å². The molecule has 0 atom stereocenters. The number of pyridine rings is 1. The number of nitrogens with one attached hydrogen (secondary N) is 1. The lowest BCUT2D eigenvalue weighted by atomic mass is 10.0. The van der Waals surface area contributed by atoms with Crippen LogP contribution in [0, 0.1) is 19.7 Å². The first-order chi connectivity index (χ1) is 10.7. The Morgan fingerprint density at radius 3 is 2.39 bits per heavy atom. The fourth-order valence-electron chi connectivity index (χ4n) is 2.57. The Bertz CT molecular complexity index is 866. The molecule has 23 heavy (non-hydrogen) atoms. The third-order valence-corrected chi connectivity index (χ3v) is 3.92. The lowest BCUT2D eigenvalue weighted by Gasteiger charge is -2.17. The van der Waals surface area contributed by atoms with Crippen molar-refractivity contribution in [2.75, 3.05) is 5.32 Å². The first-order valence-electron chi connectivity index (χ1n) is 7.17. The van der Waals surface area contributed by atoms with Gasteiger partial charge < -0.3 is 9.88 Å². The van der Waals surface area contributed by atoms with Crippen molar-refractivity contribution in [2.24, 2.45) is 7.05 Å². The van der Waals surface area contributed by atoms with Crippen LogP contribution in [-0.2, 0) is 7.05 Å². The van der Waals surface area contributed by atoms with Crippen LogP contribution in [0.4, 0.5) is 10.1 Å². The van der Waals surface area contributed by atoms with Crippen LogP contribution in [0.2, 0.25) is 0 Å². The summed E-state index contributed by atoms with van der Waals surface area (Å²) in [4.78, 5) is 25.2. The number of nitrogens with zero attached hydrogens (tertiary/aromatic N) is 1. The van der Waals surface area contributed by atoms with Gasteiger partial charge >= 0.3 is 0 Å². The molecular weight excluding hydrogens is 295 g/mol. The number of halogens is 1. The fraction of sp³-hybridized carbons (Fsp3) is 0.222. The summed E-state index contributed by atoms with van der Waals surface area (Å²) >= 11 is 0. The fourth-order valence-corrected chi connectivity index (χ4v) is 2.57. The molecule has 0 radical (unpaired) electrons. The zero-order chi connectivity index (χ0) is 17.3. The molecule has 5 heteroatoms. The number of hydrogen-bond donors (Lipinski definition) is 1. The summed E-state index contributed by atoms with van der Waals surface area (Å²) in [6, 6.07) is 5.54. The molecule has 2 rings (SSSR count). The SMILES string of the molecule is C=C(C)c1c(C)n(C)c(C)c(C(=O)Nc2cccc(F)c2)c1=O. The monoisotopic (exact) mass is 314 g/mol. The quantitative estimate of drug-likeness (QED) is 0.943. The number of amides is 1.